The van der Waals surface area contributed by atoms with Crippen molar-refractivity contribution in [2.75, 3.05) is 0 Å². The maximum Gasteiger partial charge on any atom is 0.335 e. The fourth-order valence-corrected chi connectivity index (χ4v) is 0.581. The normalized spacial score (nSPS) is 8.89. The predicted octanol–water partition coefficient (Wildman–Crippen LogP) is 1.38. The van der Waals surface area contributed by atoms with Gasteiger partial charge < -0.3 is 5.11 Å². The van der Waals surface area contributed by atoms with Crippen LogP contribution in [0.25, 0.3) is 0 Å². The fraction of sp³-hybridized carbons (Fsp3) is 0. The minimum atomic E-state index is -0.879. The molecule has 0 aromatic heterocycles. The first kappa shape index (κ1) is 5.82. The summed E-state index contributed by atoms with van der Waals surface area (Å²) in [4.78, 5) is 10.2. The Bertz CT molecular complexity index is 203. The van der Waals surface area contributed by atoms with Crippen LogP contribution in [0.15, 0.2) is 30.3 Å². The molecule has 0 radical (unpaired) electrons. The van der Waals surface area contributed by atoms with Gasteiger partial charge >= 0.3 is 5.97 Å². The smallest absolute Gasteiger partial charge is 0.335 e. The fourth-order valence-electron chi connectivity index (χ4n) is 0.581. The predicted molar refractivity (Wildman–Crippen MR) is 33.4 cm³/mol. The Morgan fingerprint density at radius 2 is 1.78 bits per heavy atom. The number of carboxylic acids is 1. The van der Waals surface area contributed by atoms with E-state index >= 15 is 0 Å². The molecular formula is C7H6O2. The molecule has 2 heteroatoms. The lowest BCUT2D eigenvalue weighted by atomic mass is 10.4. The molecule has 9 heavy (non-hydrogen) atoms. The Labute approximate surface area is 52.8 Å². The molecule has 46 valence electrons. The van der Waals surface area contributed by atoms with Gasteiger partial charge in [-0.05, 0) is 12.1 Å². The molecule has 0 aliphatic rings. The number of rotatable bonds is 1. The second-order valence-electron chi connectivity index (χ2n) is 1.67. The minimum absolute atomic E-state index is 0.331. The standard InChI is InChI=1S/C7H6O2/c8-7(9)6-4-2-1-3-5-6/h1-5H,(H,8,9)/i2+1,5+1. The van der Waals surface area contributed by atoms with E-state index in [1.807, 2.05) is 0 Å². The first-order valence-corrected chi connectivity index (χ1v) is 2.59. The van der Waals surface area contributed by atoms with Gasteiger partial charge in [-0.3, -0.25) is 0 Å². The molecule has 1 rings (SSSR count). The molecule has 0 bridgehead atoms. The maximum absolute atomic E-state index is 10.2. The second-order valence-corrected chi connectivity index (χ2v) is 1.67. The number of aromatic carboxylic acids is 1. The van der Waals surface area contributed by atoms with Crippen LogP contribution >= 0.6 is 0 Å². The Morgan fingerprint density at radius 3 is 2.11 bits per heavy atom. The summed E-state index contributed by atoms with van der Waals surface area (Å²) in [7, 11) is 0. The molecule has 0 spiro atoms. The number of hydrogen-bond donors (Lipinski definition) is 1. The Hall–Kier alpha value is -1.31. The summed E-state index contributed by atoms with van der Waals surface area (Å²) in [5, 5.41) is 8.38. The van der Waals surface area contributed by atoms with Crippen molar-refractivity contribution >= 4 is 5.97 Å². The average molecular weight is 124 g/mol. The highest BCUT2D eigenvalue weighted by Gasteiger charge is 1.96. The first-order chi connectivity index (χ1) is 4.30. The number of carbonyl (C=O) groups is 1. The Kier molecular flexibility index (Phi) is 1.49. The molecule has 0 fully saturated rings. The lowest BCUT2D eigenvalue weighted by Gasteiger charge is -1.88. The summed E-state index contributed by atoms with van der Waals surface area (Å²) in [6, 6.07) is 8.30. The maximum atomic E-state index is 10.2. The minimum Gasteiger partial charge on any atom is -0.478 e. The van der Waals surface area contributed by atoms with Gasteiger partial charge in [0, 0.05) is 0 Å². The third-order valence-electron chi connectivity index (χ3n) is 1.02. The zero-order valence-electron chi connectivity index (χ0n) is 4.74. The van der Waals surface area contributed by atoms with Gasteiger partial charge in [-0.25, -0.2) is 4.79 Å². The van der Waals surface area contributed by atoms with Crippen LogP contribution in [0.2, 0.25) is 0 Å². The Morgan fingerprint density at radius 1 is 1.22 bits per heavy atom. The van der Waals surface area contributed by atoms with Crippen LogP contribution in [-0.4, -0.2) is 11.1 Å². The van der Waals surface area contributed by atoms with Crippen LogP contribution in [0.4, 0.5) is 0 Å². The number of benzene rings is 1. The third kappa shape index (κ3) is 1.29. The van der Waals surface area contributed by atoms with Crippen molar-refractivity contribution in [3.05, 3.63) is 35.9 Å². The number of hydrogen-bond acceptors (Lipinski definition) is 1. The van der Waals surface area contributed by atoms with Crippen molar-refractivity contribution in [3.63, 3.8) is 0 Å². The summed E-state index contributed by atoms with van der Waals surface area (Å²) in [5.41, 5.74) is 0.331. The molecule has 1 aromatic carbocycles. The van der Waals surface area contributed by atoms with Gasteiger partial charge in [-0.2, -0.15) is 0 Å². The molecular weight excluding hydrogens is 118 g/mol. The lowest BCUT2D eigenvalue weighted by molar-refractivity contribution is 0.0697. The van der Waals surface area contributed by atoms with Crippen molar-refractivity contribution in [2.45, 2.75) is 0 Å². The van der Waals surface area contributed by atoms with Gasteiger partial charge in [0.1, 0.15) is 0 Å². The van der Waals surface area contributed by atoms with Gasteiger partial charge in [-0.15, -0.1) is 0 Å². The molecule has 0 aliphatic carbocycles. The van der Waals surface area contributed by atoms with E-state index in [9.17, 15) is 4.79 Å². The van der Waals surface area contributed by atoms with Crippen LogP contribution < -0.4 is 0 Å². The van der Waals surface area contributed by atoms with Crippen LogP contribution in [0.3, 0.4) is 0 Å². The van der Waals surface area contributed by atoms with Crippen LogP contribution in [-0.2, 0) is 0 Å². The molecule has 2 nitrogen and oxygen atoms in total. The van der Waals surface area contributed by atoms with E-state index in [0.717, 1.165) is 0 Å². The zero-order chi connectivity index (χ0) is 6.69. The highest BCUT2D eigenvalue weighted by Crippen LogP contribution is 1.96. The van der Waals surface area contributed by atoms with Crippen molar-refractivity contribution in [3.8, 4) is 0 Å². The van der Waals surface area contributed by atoms with Crippen molar-refractivity contribution < 1.29 is 9.90 Å². The molecule has 0 saturated carbocycles. The van der Waals surface area contributed by atoms with Gasteiger partial charge in [-0.1, -0.05) is 18.2 Å². The van der Waals surface area contributed by atoms with Gasteiger partial charge in [0.05, 0.1) is 5.56 Å². The Balaban J connectivity index is 2.98. The molecule has 0 atom stereocenters. The summed E-state index contributed by atoms with van der Waals surface area (Å²) in [5.74, 6) is -0.879. The van der Waals surface area contributed by atoms with E-state index < -0.39 is 5.97 Å². The van der Waals surface area contributed by atoms with E-state index in [1.165, 1.54) is 0 Å². The molecule has 0 aliphatic heterocycles. The second kappa shape index (κ2) is 2.31. The molecule has 0 saturated heterocycles. The first-order valence-electron chi connectivity index (χ1n) is 2.59. The summed E-state index contributed by atoms with van der Waals surface area (Å²) in [6.07, 6.45) is 0. The molecule has 0 amide bonds. The number of carboxylic acid groups (broad SMARTS) is 1. The molecule has 1 aromatic rings. The van der Waals surface area contributed by atoms with E-state index in [0.29, 0.717) is 5.56 Å². The average Bonchev–Trinajstić information content (AvgIpc) is 1.90. The van der Waals surface area contributed by atoms with Crippen LogP contribution in [0, 0.1) is 0 Å². The van der Waals surface area contributed by atoms with E-state index in [2.05, 4.69) is 0 Å². The van der Waals surface area contributed by atoms with E-state index in [1.54, 1.807) is 30.3 Å². The molecule has 0 heterocycles. The quantitative estimate of drug-likeness (QED) is 0.614. The summed E-state index contributed by atoms with van der Waals surface area (Å²) >= 11 is 0. The van der Waals surface area contributed by atoms with E-state index in [-0.39, 0.29) is 0 Å². The third-order valence-corrected chi connectivity index (χ3v) is 1.02. The highest BCUT2D eigenvalue weighted by atomic mass is 16.4. The monoisotopic (exact) mass is 124 g/mol. The van der Waals surface area contributed by atoms with Crippen molar-refractivity contribution in [1.29, 1.82) is 0 Å². The topological polar surface area (TPSA) is 37.3 Å². The zero-order valence-corrected chi connectivity index (χ0v) is 4.74. The molecule has 1 N–H and O–H groups in total. The van der Waals surface area contributed by atoms with Gasteiger partial charge in [0.25, 0.3) is 0 Å². The summed E-state index contributed by atoms with van der Waals surface area (Å²) < 4.78 is 0. The van der Waals surface area contributed by atoms with Crippen molar-refractivity contribution in [2.24, 2.45) is 0 Å². The van der Waals surface area contributed by atoms with Crippen LogP contribution in [0.5, 0.6) is 0 Å². The molecule has 0 unspecified atom stereocenters. The highest BCUT2D eigenvalue weighted by molar-refractivity contribution is 5.87. The van der Waals surface area contributed by atoms with Gasteiger partial charge in [0.2, 0.25) is 0 Å². The van der Waals surface area contributed by atoms with Crippen molar-refractivity contribution in [1.82, 2.24) is 0 Å². The van der Waals surface area contributed by atoms with Crippen LogP contribution in [0.1, 0.15) is 10.4 Å². The van der Waals surface area contributed by atoms with E-state index in [4.69, 9.17) is 5.11 Å². The SMILES string of the molecule is O=C(O)c1c[13cH]cc[13cH]1. The summed E-state index contributed by atoms with van der Waals surface area (Å²) in [6.45, 7) is 0. The van der Waals surface area contributed by atoms with Gasteiger partial charge in [0.15, 0.2) is 0 Å². The largest absolute Gasteiger partial charge is 0.478 e. The lowest BCUT2D eigenvalue weighted by Crippen LogP contribution is -1.93.